The second-order valence-corrected chi connectivity index (χ2v) is 6.66. The number of likely N-dealkylation sites (tertiary alicyclic amines) is 1. The lowest BCUT2D eigenvalue weighted by molar-refractivity contribution is -0.150. The van der Waals surface area contributed by atoms with Crippen molar-refractivity contribution < 1.29 is 19.2 Å². The van der Waals surface area contributed by atoms with Crippen molar-refractivity contribution in [1.29, 1.82) is 0 Å². The van der Waals surface area contributed by atoms with Crippen LogP contribution in [0.3, 0.4) is 0 Å². The number of nitrogens with two attached hydrogens (primary N) is 1. The van der Waals surface area contributed by atoms with Crippen LogP contribution in [0.4, 0.5) is 0 Å². The van der Waals surface area contributed by atoms with Crippen LogP contribution >= 0.6 is 0 Å². The van der Waals surface area contributed by atoms with Crippen molar-refractivity contribution in [2.45, 2.75) is 43.8 Å². The first-order chi connectivity index (χ1) is 12.4. The first-order valence-corrected chi connectivity index (χ1v) is 8.51. The highest BCUT2D eigenvalue weighted by Gasteiger charge is 2.42. The maximum atomic E-state index is 13.1. The number of carbonyl (C=O) groups excluding carboxylic acids is 4. The van der Waals surface area contributed by atoms with Gasteiger partial charge in [-0.25, -0.2) is 4.98 Å². The number of imidazole rings is 1. The molecule has 0 unspecified atom stereocenters. The van der Waals surface area contributed by atoms with E-state index >= 15 is 0 Å². The van der Waals surface area contributed by atoms with Gasteiger partial charge in [0.1, 0.15) is 18.1 Å². The number of aromatic amines is 1. The number of H-pyrrole nitrogens is 1. The number of hydrogen-bond acceptors (Lipinski definition) is 5. The zero-order valence-corrected chi connectivity index (χ0v) is 14.5. The van der Waals surface area contributed by atoms with Crippen molar-refractivity contribution in [3.05, 3.63) is 18.2 Å². The largest absolute Gasteiger partial charge is 0.368 e. The van der Waals surface area contributed by atoms with Gasteiger partial charge in [0, 0.05) is 31.9 Å². The summed E-state index contributed by atoms with van der Waals surface area (Å²) < 4.78 is 0. The Morgan fingerprint density at radius 1 is 1.46 bits per heavy atom. The minimum atomic E-state index is -0.819. The molecule has 0 saturated carbocycles. The summed E-state index contributed by atoms with van der Waals surface area (Å²) in [4.78, 5) is 58.1. The number of amides is 4. The summed E-state index contributed by atoms with van der Waals surface area (Å²) in [6.07, 6.45) is 4.62. The fourth-order valence-electron chi connectivity index (χ4n) is 3.42. The van der Waals surface area contributed by atoms with Gasteiger partial charge in [-0.15, -0.1) is 0 Å². The molecule has 4 amide bonds. The van der Waals surface area contributed by atoms with E-state index < -0.39 is 24.0 Å². The van der Waals surface area contributed by atoms with E-state index in [9.17, 15) is 19.2 Å². The lowest BCUT2D eigenvalue weighted by Crippen LogP contribution is -2.61. The predicted octanol–water partition coefficient (Wildman–Crippen LogP) is -1.86. The monoisotopic (exact) mass is 362 g/mol. The van der Waals surface area contributed by atoms with Crippen LogP contribution in [0.2, 0.25) is 0 Å². The van der Waals surface area contributed by atoms with Crippen LogP contribution in [0.15, 0.2) is 12.5 Å². The number of nitrogens with zero attached hydrogens (tertiary/aromatic N) is 3. The second-order valence-electron chi connectivity index (χ2n) is 6.66. The van der Waals surface area contributed by atoms with Gasteiger partial charge in [-0.05, 0) is 12.8 Å². The SMILES string of the molecule is CN(C(=O)[C@@H]1CC(=O)N1)[C@@H](Cc1cnc[nH]1)C(=O)N1CCC[C@H]1C(N)=O. The summed E-state index contributed by atoms with van der Waals surface area (Å²) in [6.45, 7) is 0.425. The van der Waals surface area contributed by atoms with Crippen LogP contribution in [0.1, 0.15) is 25.0 Å². The lowest BCUT2D eigenvalue weighted by Gasteiger charge is -2.36. The molecule has 0 spiro atoms. The van der Waals surface area contributed by atoms with Gasteiger partial charge in [-0.1, -0.05) is 0 Å². The van der Waals surface area contributed by atoms with E-state index in [0.29, 0.717) is 25.1 Å². The Morgan fingerprint density at radius 3 is 2.77 bits per heavy atom. The summed E-state index contributed by atoms with van der Waals surface area (Å²) in [5, 5.41) is 2.52. The van der Waals surface area contributed by atoms with E-state index in [2.05, 4.69) is 15.3 Å². The van der Waals surface area contributed by atoms with Gasteiger partial charge < -0.3 is 25.8 Å². The van der Waals surface area contributed by atoms with Gasteiger partial charge in [0.05, 0.1) is 12.7 Å². The zero-order valence-electron chi connectivity index (χ0n) is 14.5. The average molecular weight is 362 g/mol. The van der Waals surface area contributed by atoms with Crippen molar-refractivity contribution in [2.24, 2.45) is 5.73 Å². The van der Waals surface area contributed by atoms with Crippen LogP contribution in [0, 0.1) is 0 Å². The molecular weight excluding hydrogens is 340 g/mol. The number of hydrogen-bond donors (Lipinski definition) is 3. The van der Waals surface area contributed by atoms with Gasteiger partial charge >= 0.3 is 0 Å². The third-order valence-electron chi connectivity index (χ3n) is 4.96. The van der Waals surface area contributed by atoms with Crippen molar-refractivity contribution in [2.75, 3.05) is 13.6 Å². The Morgan fingerprint density at radius 2 is 2.19 bits per heavy atom. The van der Waals surface area contributed by atoms with E-state index in [-0.39, 0.29) is 30.6 Å². The first-order valence-electron chi connectivity index (χ1n) is 8.51. The Balaban J connectivity index is 1.80. The van der Waals surface area contributed by atoms with Crippen molar-refractivity contribution >= 4 is 23.6 Å². The molecule has 4 N–H and O–H groups in total. The first kappa shape index (κ1) is 17.9. The molecule has 2 saturated heterocycles. The van der Waals surface area contributed by atoms with E-state index in [4.69, 9.17) is 5.73 Å². The normalized spacial score (nSPS) is 23.1. The molecule has 1 aromatic rings. The Bertz CT molecular complexity index is 710. The summed E-state index contributed by atoms with van der Waals surface area (Å²) in [5.74, 6) is -1.41. The highest BCUT2D eigenvalue weighted by Crippen LogP contribution is 2.21. The number of likely N-dealkylation sites (N-methyl/N-ethyl adjacent to an activating group) is 1. The quantitative estimate of drug-likeness (QED) is 0.509. The third-order valence-corrected chi connectivity index (χ3v) is 4.96. The molecule has 1 aromatic heterocycles. The maximum Gasteiger partial charge on any atom is 0.246 e. The molecule has 10 heteroatoms. The summed E-state index contributed by atoms with van der Waals surface area (Å²) in [5.41, 5.74) is 6.11. The number of aromatic nitrogens is 2. The van der Waals surface area contributed by atoms with Gasteiger partial charge in [-0.3, -0.25) is 19.2 Å². The zero-order chi connectivity index (χ0) is 18.8. The summed E-state index contributed by atoms with van der Waals surface area (Å²) in [7, 11) is 1.53. The number of primary amides is 1. The van der Waals surface area contributed by atoms with E-state index in [1.807, 2.05) is 0 Å². The predicted molar refractivity (Wildman–Crippen MR) is 89.3 cm³/mol. The fourth-order valence-corrected chi connectivity index (χ4v) is 3.42. The Hall–Kier alpha value is -2.91. The van der Waals surface area contributed by atoms with Crippen molar-refractivity contribution in [1.82, 2.24) is 25.1 Å². The lowest BCUT2D eigenvalue weighted by atomic mass is 10.0. The smallest absolute Gasteiger partial charge is 0.246 e. The molecular formula is C16H22N6O4. The van der Waals surface area contributed by atoms with Gasteiger partial charge in [0.15, 0.2) is 0 Å². The molecule has 0 bridgehead atoms. The molecule has 2 aliphatic rings. The minimum absolute atomic E-state index is 0.113. The average Bonchev–Trinajstić information content (AvgIpc) is 3.26. The van der Waals surface area contributed by atoms with Crippen LogP contribution in [-0.2, 0) is 25.6 Å². The van der Waals surface area contributed by atoms with Crippen molar-refractivity contribution in [3.63, 3.8) is 0 Å². The molecule has 140 valence electrons. The Labute approximate surface area is 150 Å². The molecule has 3 rings (SSSR count). The van der Waals surface area contributed by atoms with E-state index in [0.717, 1.165) is 0 Å². The standard InChI is InChI=1S/C16H22N6O4/c1-21(15(25)10-6-13(23)20-10)12(5-9-7-18-8-19-9)16(26)22-4-2-3-11(22)14(17)24/h7-8,10-12H,2-6H2,1H3,(H2,17,24)(H,18,19)(H,20,23)/t10-,11-,12-/m0/s1. The maximum absolute atomic E-state index is 13.1. The van der Waals surface area contributed by atoms with Crippen LogP contribution < -0.4 is 11.1 Å². The minimum Gasteiger partial charge on any atom is -0.368 e. The van der Waals surface area contributed by atoms with Gasteiger partial charge in [0.25, 0.3) is 0 Å². The molecule has 2 aliphatic heterocycles. The molecule has 2 fully saturated rings. The molecule has 10 nitrogen and oxygen atoms in total. The number of β-lactam (4-membered cyclic amide) rings is 1. The molecule has 3 atom stereocenters. The second kappa shape index (κ2) is 7.14. The van der Waals surface area contributed by atoms with Crippen molar-refractivity contribution in [3.8, 4) is 0 Å². The molecule has 0 aromatic carbocycles. The van der Waals surface area contributed by atoms with Crippen LogP contribution in [0.25, 0.3) is 0 Å². The number of nitrogens with one attached hydrogen (secondary N) is 2. The number of rotatable bonds is 6. The Kier molecular flexibility index (Phi) is 4.92. The van der Waals surface area contributed by atoms with Gasteiger partial charge in [0.2, 0.25) is 23.6 Å². The fraction of sp³-hybridized carbons (Fsp3) is 0.562. The molecule has 0 aliphatic carbocycles. The summed E-state index contributed by atoms with van der Waals surface area (Å²) in [6, 6.07) is -2.09. The molecule has 3 heterocycles. The highest BCUT2D eigenvalue weighted by molar-refractivity contribution is 5.99. The van der Waals surface area contributed by atoms with E-state index in [1.54, 1.807) is 6.20 Å². The van der Waals surface area contributed by atoms with E-state index in [1.165, 1.54) is 23.2 Å². The molecule has 26 heavy (non-hydrogen) atoms. The van der Waals surface area contributed by atoms with Gasteiger partial charge in [-0.2, -0.15) is 0 Å². The topological polar surface area (TPSA) is 141 Å². The van der Waals surface area contributed by atoms with Crippen LogP contribution in [-0.4, -0.2) is 75.1 Å². The molecule has 0 radical (unpaired) electrons. The summed E-state index contributed by atoms with van der Waals surface area (Å²) >= 11 is 0. The number of carbonyl (C=O) groups is 4. The van der Waals surface area contributed by atoms with Crippen LogP contribution in [0.5, 0.6) is 0 Å². The highest BCUT2D eigenvalue weighted by atomic mass is 16.2. The third kappa shape index (κ3) is 3.39.